The van der Waals surface area contributed by atoms with E-state index in [1.807, 2.05) is 12.5 Å². The molecule has 9 heavy (non-hydrogen) atoms. The molecular weight excluding hydrogens is 157 g/mol. The Labute approximate surface area is 59.4 Å². The van der Waals surface area contributed by atoms with Crippen LogP contribution < -0.4 is 0 Å². The van der Waals surface area contributed by atoms with Gasteiger partial charge in [0.25, 0.3) is 0 Å². The molecule has 0 nitrogen and oxygen atoms in total. The first-order chi connectivity index (χ1) is 4.22. The molecule has 0 aromatic rings. The maximum absolute atomic E-state index is 12.7. The van der Waals surface area contributed by atoms with Crippen molar-refractivity contribution in [3.8, 4) is 0 Å². The quantitative estimate of drug-likeness (QED) is 0.483. The van der Waals surface area contributed by atoms with Crippen molar-refractivity contribution in [2.45, 2.75) is 0 Å². The summed E-state index contributed by atoms with van der Waals surface area (Å²) in [7, 11) is -1.05. The maximum Gasteiger partial charge on any atom is 0.137 e. The minimum Gasteiger partial charge on any atom is -0.205 e. The molecule has 0 aliphatic carbocycles. The molecule has 3 heteroatoms. The van der Waals surface area contributed by atoms with E-state index in [1.54, 1.807) is 12.2 Å². The fraction of sp³-hybridized carbons (Fsp3) is 0.167. The van der Waals surface area contributed by atoms with E-state index in [9.17, 15) is 4.39 Å². The molecule has 1 atom stereocenters. The Morgan fingerprint density at radius 3 is 2.78 bits per heavy atom. The third-order valence-electron chi connectivity index (χ3n) is 1.14. The Hall–Kier alpha value is -0.0000000000000000555. The summed E-state index contributed by atoms with van der Waals surface area (Å²) in [4.78, 5) is 0. The van der Waals surface area contributed by atoms with Gasteiger partial charge in [-0.3, -0.25) is 0 Å². The lowest BCUT2D eigenvalue weighted by Gasteiger charge is -2.01. The fourth-order valence-electron chi connectivity index (χ4n) is 0.612. The summed E-state index contributed by atoms with van der Waals surface area (Å²) >= 11 is 5.49. The predicted octanol–water partition coefficient (Wildman–Crippen LogP) is 2.58. The molecule has 0 amide bonds. The van der Waals surface area contributed by atoms with Crippen molar-refractivity contribution in [2.24, 2.45) is 0 Å². The van der Waals surface area contributed by atoms with Crippen molar-refractivity contribution in [3.05, 3.63) is 23.0 Å². The van der Waals surface area contributed by atoms with Crippen LogP contribution in [0.1, 0.15) is 0 Å². The van der Waals surface area contributed by atoms with Gasteiger partial charge in [0.1, 0.15) is 5.55 Å². The lowest BCUT2D eigenvalue weighted by Crippen LogP contribution is -1.87. The Kier molecular flexibility index (Phi) is 2.15. The third-order valence-corrected chi connectivity index (χ3v) is 3.25. The molecule has 0 saturated heterocycles. The Morgan fingerprint density at radius 2 is 2.33 bits per heavy atom. The molecule has 0 bridgehead atoms. The minimum absolute atomic E-state index is 0.135. The number of halogens is 2. The van der Waals surface area contributed by atoms with Crippen LogP contribution in [0, 0.1) is 0 Å². The SMILES string of the molecule is C[PH]1=C(F)C(Cl)=CC=C1. The third kappa shape index (κ3) is 1.47. The molecule has 1 aliphatic rings. The van der Waals surface area contributed by atoms with Gasteiger partial charge in [0.05, 0.1) is 5.03 Å². The van der Waals surface area contributed by atoms with Gasteiger partial charge >= 0.3 is 0 Å². The lowest BCUT2D eigenvalue weighted by molar-refractivity contribution is 0.833. The molecule has 1 rings (SSSR count). The minimum atomic E-state index is -1.05. The number of rotatable bonds is 0. The molecule has 0 saturated carbocycles. The smallest absolute Gasteiger partial charge is 0.137 e. The van der Waals surface area contributed by atoms with Gasteiger partial charge in [-0.25, -0.2) is 4.39 Å². The second-order valence-corrected chi connectivity index (χ2v) is 4.42. The molecule has 0 N–H and O–H groups in total. The second-order valence-electron chi connectivity index (χ2n) is 1.87. The molecule has 1 aliphatic heterocycles. The lowest BCUT2D eigenvalue weighted by atomic mass is 10.5. The van der Waals surface area contributed by atoms with E-state index in [-0.39, 0.29) is 10.6 Å². The summed E-state index contributed by atoms with van der Waals surface area (Å²) in [6.45, 7) is 1.87. The van der Waals surface area contributed by atoms with Crippen LogP contribution in [0.3, 0.4) is 0 Å². The van der Waals surface area contributed by atoms with Crippen molar-refractivity contribution in [1.82, 2.24) is 0 Å². The Balaban J connectivity index is 3.06. The van der Waals surface area contributed by atoms with Crippen LogP contribution in [-0.2, 0) is 0 Å². The molecule has 0 aromatic carbocycles. The van der Waals surface area contributed by atoms with E-state index >= 15 is 0 Å². The Morgan fingerprint density at radius 1 is 1.67 bits per heavy atom. The maximum atomic E-state index is 12.7. The van der Waals surface area contributed by atoms with Gasteiger partial charge in [-0.15, -0.1) is 0 Å². The number of hydrogen-bond donors (Lipinski definition) is 0. The molecule has 0 fully saturated rings. The zero-order chi connectivity index (χ0) is 6.85. The fourth-order valence-corrected chi connectivity index (χ4v) is 2.12. The van der Waals surface area contributed by atoms with Crippen molar-refractivity contribution < 1.29 is 4.39 Å². The topological polar surface area (TPSA) is 0 Å². The molecular formula is C6H7ClFP. The van der Waals surface area contributed by atoms with E-state index < -0.39 is 7.55 Å². The highest BCUT2D eigenvalue weighted by Crippen LogP contribution is 2.30. The molecule has 50 valence electrons. The van der Waals surface area contributed by atoms with Crippen molar-refractivity contribution in [3.63, 3.8) is 0 Å². The average Bonchev–Trinajstić information content (AvgIpc) is 1.83. The van der Waals surface area contributed by atoms with Crippen molar-refractivity contribution in [1.29, 1.82) is 0 Å². The molecule has 0 spiro atoms. The normalized spacial score (nSPS) is 26.3. The molecule has 0 aromatic heterocycles. The van der Waals surface area contributed by atoms with E-state index in [1.165, 1.54) is 0 Å². The highest BCUT2D eigenvalue weighted by molar-refractivity contribution is 7.61. The zero-order valence-corrected chi connectivity index (χ0v) is 6.74. The van der Waals surface area contributed by atoms with Gasteiger partial charge in [-0.2, -0.15) is 0 Å². The van der Waals surface area contributed by atoms with Crippen LogP contribution in [0.5, 0.6) is 0 Å². The van der Waals surface area contributed by atoms with E-state index in [0.29, 0.717) is 0 Å². The molecule has 1 unspecified atom stereocenters. The van der Waals surface area contributed by atoms with Crippen LogP contribution in [0.4, 0.5) is 4.39 Å². The molecule has 0 radical (unpaired) electrons. The standard InChI is InChI=1S/C6H7ClFP/c1-9-4-2-3-5(7)6(9)8/h2-4,9H,1H3. The van der Waals surface area contributed by atoms with Gasteiger partial charge in [0.2, 0.25) is 0 Å². The van der Waals surface area contributed by atoms with E-state index in [0.717, 1.165) is 0 Å². The number of hydrogen-bond acceptors (Lipinski definition) is 0. The van der Waals surface area contributed by atoms with Gasteiger partial charge < -0.3 is 0 Å². The van der Waals surface area contributed by atoms with E-state index in [4.69, 9.17) is 11.6 Å². The predicted molar refractivity (Wildman–Crippen MR) is 43.4 cm³/mol. The first kappa shape index (κ1) is 7.11. The first-order valence-corrected chi connectivity index (χ1v) is 5.08. The van der Waals surface area contributed by atoms with Crippen LogP contribution in [0.15, 0.2) is 23.0 Å². The van der Waals surface area contributed by atoms with Crippen LogP contribution in [0.25, 0.3) is 0 Å². The van der Waals surface area contributed by atoms with E-state index in [2.05, 4.69) is 0 Å². The highest BCUT2D eigenvalue weighted by Gasteiger charge is 2.04. The van der Waals surface area contributed by atoms with Gasteiger partial charge in [-0.05, 0) is 12.7 Å². The van der Waals surface area contributed by atoms with Crippen LogP contribution in [-0.4, -0.2) is 12.2 Å². The Bertz CT molecular complexity index is 215. The van der Waals surface area contributed by atoms with Gasteiger partial charge in [0.15, 0.2) is 0 Å². The van der Waals surface area contributed by atoms with Gasteiger partial charge in [-0.1, -0.05) is 31.0 Å². The summed E-state index contributed by atoms with van der Waals surface area (Å²) in [5.41, 5.74) is -0.135. The summed E-state index contributed by atoms with van der Waals surface area (Å²) < 4.78 is 12.7. The van der Waals surface area contributed by atoms with Crippen molar-refractivity contribution >= 4 is 24.7 Å². The molecule has 1 heterocycles. The van der Waals surface area contributed by atoms with Gasteiger partial charge in [0, 0.05) is 0 Å². The van der Waals surface area contributed by atoms with Crippen LogP contribution >= 0.6 is 19.1 Å². The monoisotopic (exact) mass is 164 g/mol. The van der Waals surface area contributed by atoms with Crippen molar-refractivity contribution in [2.75, 3.05) is 6.66 Å². The summed E-state index contributed by atoms with van der Waals surface area (Å²) in [6.07, 6.45) is 3.38. The second kappa shape index (κ2) is 2.72. The zero-order valence-electron chi connectivity index (χ0n) is 4.99. The summed E-state index contributed by atoms with van der Waals surface area (Å²) in [5.74, 6) is 1.87. The van der Waals surface area contributed by atoms with Crippen LogP contribution in [0.2, 0.25) is 0 Å². The number of allylic oxidation sites excluding steroid dienone is 3. The first-order valence-electron chi connectivity index (χ1n) is 2.62. The summed E-state index contributed by atoms with van der Waals surface area (Å²) in [5, 5.41) is 0.272. The highest BCUT2D eigenvalue weighted by atomic mass is 35.5. The summed E-state index contributed by atoms with van der Waals surface area (Å²) in [6, 6.07) is 0. The average molecular weight is 165 g/mol. The largest absolute Gasteiger partial charge is 0.205 e.